The highest BCUT2D eigenvalue weighted by atomic mass is 16.2. The Hall–Kier alpha value is -1.84. The molecule has 1 heterocycles. The maximum atomic E-state index is 12.4. The second kappa shape index (κ2) is 5.43. The van der Waals surface area contributed by atoms with Crippen LogP contribution in [0.15, 0.2) is 24.3 Å². The van der Waals surface area contributed by atoms with Crippen LogP contribution in [-0.4, -0.2) is 29.8 Å². The van der Waals surface area contributed by atoms with Crippen LogP contribution in [0.5, 0.6) is 0 Å². The van der Waals surface area contributed by atoms with Crippen LogP contribution in [0.3, 0.4) is 0 Å². The van der Waals surface area contributed by atoms with E-state index in [4.69, 9.17) is 0 Å². The Morgan fingerprint density at radius 2 is 2.16 bits per heavy atom. The van der Waals surface area contributed by atoms with Crippen LogP contribution in [0.2, 0.25) is 0 Å². The molecule has 0 saturated carbocycles. The lowest BCUT2D eigenvalue weighted by molar-refractivity contribution is -0.140. The van der Waals surface area contributed by atoms with Gasteiger partial charge in [0.25, 0.3) is 0 Å². The van der Waals surface area contributed by atoms with Crippen LogP contribution in [0, 0.1) is 0 Å². The number of likely N-dealkylation sites (N-methyl/N-ethyl adjacent to an activating group) is 1. The molecule has 0 spiro atoms. The summed E-state index contributed by atoms with van der Waals surface area (Å²) in [7, 11) is 1.69. The van der Waals surface area contributed by atoms with Crippen molar-refractivity contribution < 1.29 is 9.59 Å². The van der Waals surface area contributed by atoms with E-state index in [0.717, 1.165) is 17.5 Å². The number of amides is 2. The summed E-state index contributed by atoms with van der Waals surface area (Å²) in [5.74, 6) is -0.111. The van der Waals surface area contributed by atoms with Crippen molar-refractivity contribution in [2.45, 2.75) is 38.8 Å². The molecule has 0 unspecified atom stereocenters. The molecule has 4 heteroatoms. The Morgan fingerprint density at radius 3 is 2.84 bits per heavy atom. The van der Waals surface area contributed by atoms with Gasteiger partial charge in [-0.1, -0.05) is 31.2 Å². The molecule has 0 bridgehead atoms. The molecule has 1 aromatic carbocycles. The summed E-state index contributed by atoms with van der Waals surface area (Å²) in [6.07, 6.45) is 1.25. The van der Waals surface area contributed by atoms with Crippen molar-refractivity contribution in [3.05, 3.63) is 35.4 Å². The number of hydrogen-bond donors (Lipinski definition) is 1. The summed E-state index contributed by atoms with van der Waals surface area (Å²) in [4.78, 5) is 25.9. The van der Waals surface area contributed by atoms with E-state index in [1.54, 1.807) is 11.9 Å². The highest BCUT2D eigenvalue weighted by Gasteiger charge is 2.34. The molecule has 19 heavy (non-hydrogen) atoms. The van der Waals surface area contributed by atoms with E-state index >= 15 is 0 Å². The van der Waals surface area contributed by atoms with Crippen LogP contribution in [0.4, 0.5) is 0 Å². The maximum Gasteiger partial charge on any atom is 0.247 e. The molecule has 1 aromatic rings. The highest BCUT2D eigenvalue weighted by molar-refractivity contribution is 5.92. The number of nitrogens with zero attached hydrogens (tertiary/aromatic N) is 1. The van der Waals surface area contributed by atoms with Gasteiger partial charge in [0.1, 0.15) is 6.04 Å². The third-order valence-corrected chi connectivity index (χ3v) is 3.72. The third kappa shape index (κ3) is 2.62. The molecule has 0 fully saturated rings. The first kappa shape index (κ1) is 13.6. The smallest absolute Gasteiger partial charge is 0.247 e. The molecule has 1 aliphatic heterocycles. The molecule has 0 aliphatic carbocycles. The molecular formula is C15H20N2O2. The van der Waals surface area contributed by atoms with Gasteiger partial charge in [-0.2, -0.15) is 0 Å². The fourth-order valence-electron chi connectivity index (χ4n) is 2.34. The average molecular weight is 260 g/mol. The van der Waals surface area contributed by atoms with E-state index in [1.165, 1.54) is 0 Å². The van der Waals surface area contributed by atoms with Gasteiger partial charge in [0.15, 0.2) is 0 Å². The van der Waals surface area contributed by atoms with Gasteiger partial charge in [-0.05, 0) is 24.5 Å². The van der Waals surface area contributed by atoms with Crippen molar-refractivity contribution in [2.24, 2.45) is 0 Å². The molecule has 1 aliphatic rings. The Morgan fingerprint density at radius 1 is 1.47 bits per heavy atom. The summed E-state index contributed by atoms with van der Waals surface area (Å²) in [5.41, 5.74) is 1.89. The first-order valence-corrected chi connectivity index (χ1v) is 6.68. The predicted octanol–water partition coefficient (Wildman–Crippen LogP) is 1.66. The van der Waals surface area contributed by atoms with E-state index in [2.05, 4.69) is 5.32 Å². The minimum atomic E-state index is -0.508. The fraction of sp³-hybridized carbons (Fsp3) is 0.467. The number of rotatable bonds is 3. The largest absolute Gasteiger partial charge is 0.352 e. The average Bonchev–Trinajstić information content (AvgIpc) is 2.39. The van der Waals surface area contributed by atoms with Crippen LogP contribution in [0.1, 0.15) is 37.4 Å². The second-order valence-corrected chi connectivity index (χ2v) is 5.10. The van der Waals surface area contributed by atoms with E-state index in [-0.39, 0.29) is 17.9 Å². The zero-order chi connectivity index (χ0) is 14.0. The van der Waals surface area contributed by atoms with Crippen LogP contribution < -0.4 is 5.32 Å². The number of fused-ring (bicyclic) bond motifs is 1. The third-order valence-electron chi connectivity index (χ3n) is 3.72. The second-order valence-electron chi connectivity index (χ2n) is 5.10. The lowest BCUT2D eigenvalue weighted by Gasteiger charge is -2.34. The summed E-state index contributed by atoms with van der Waals surface area (Å²) in [6.45, 7) is 3.99. The van der Waals surface area contributed by atoms with Crippen LogP contribution in [-0.2, 0) is 16.0 Å². The molecule has 2 atom stereocenters. The van der Waals surface area contributed by atoms with Gasteiger partial charge in [0.2, 0.25) is 11.8 Å². The first-order valence-electron chi connectivity index (χ1n) is 6.68. The quantitative estimate of drug-likeness (QED) is 0.898. The van der Waals surface area contributed by atoms with Gasteiger partial charge in [-0.15, -0.1) is 0 Å². The van der Waals surface area contributed by atoms with E-state index in [0.29, 0.717) is 6.42 Å². The highest BCUT2D eigenvalue weighted by Crippen LogP contribution is 2.29. The summed E-state index contributed by atoms with van der Waals surface area (Å²) >= 11 is 0. The Labute approximate surface area is 113 Å². The Bertz CT molecular complexity index is 499. The monoisotopic (exact) mass is 260 g/mol. The lowest BCUT2D eigenvalue weighted by Crippen LogP contribution is -2.47. The molecule has 102 valence electrons. The molecule has 2 amide bonds. The van der Waals surface area contributed by atoms with Crippen molar-refractivity contribution >= 4 is 11.8 Å². The molecule has 0 radical (unpaired) electrons. The first-order chi connectivity index (χ1) is 9.04. The number of carbonyl (C=O) groups is 2. The molecule has 4 nitrogen and oxygen atoms in total. The Balaban J connectivity index is 2.32. The van der Waals surface area contributed by atoms with E-state index in [9.17, 15) is 9.59 Å². The van der Waals surface area contributed by atoms with Gasteiger partial charge in [0.05, 0.1) is 6.42 Å². The molecule has 2 rings (SSSR count). The number of hydrogen-bond acceptors (Lipinski definition) is 2. The van der Waals surface area contributed by atoms with Gasteiger partial charge in [-0.3, -0.25) is 9.59 Å². The SMILES string of the molecule is CC[C@@H](C)NC(=O)[C@H]1c2ccccc2CC(=O)N1C. The number of carbonyl (C=O) groups excluding carboxylic acids is 2. The summed E-state index contributed by atoms with van der Waals surface area (Å²) in [6, 6.07) is 7.27. The van der Waals surface area contributed by atoms with Crippen LogP contribution in [0.25, 0.3) is 0 Å². The molecular weight excluding hydrogens is 240 g/mol. The fourth-order valence-corrected chi connectivity index (χ4v) is 2.34. The summed E-state index contributed by atoms with van der Waals surface area (Å²) in [5, 5.41) is 2.96. The van der Waals surface area contributed by atoms with Crippen molar-refractivity contribution in [1.82, 2.24) is 10.2 Å². The normalized spacial score (nSPS) is 19.8. The number of benzene rings is 1. The molecule has 0 saturated heterocycles. The maximum absolute atomic E-state index is 12.4. The Kier molecular flexibility index (Phi) is 3.88. The topological polar surface area (TPSA) is 49.4 Å². The van der Waals surface area contributed by atoms with Gasteiger partial charge in [0, 0.05) is 13.1 Å². The lowest BCUT2D eigenvalue weighted by atomic mass is 9.92. The minimum absolute atomic E-state index is 0.0111. The predicted molar refractivity (Wildman–Crippen MR) is 73.6 cm³/mol. The van der Waals surface area contributed by atoms with Crippen molar-refractivity contribution in [3.63, 3.8) is 0 Å². The standard InChI is InChI=1S/C15H20N2O2/c1-4-10(2)16-15(19)14-12-8-6-5-7-11(12)9-13(18)17(14)3/h5-8,10,14H,4,9H2,1-3H3,(H,16,19)/t10-,14-/m1/s1. The van der Waals surface area contributed by atoms with Crippen molar-refractivity contribution in [1.29, 1.82) is 0 Å². The minimum Gasteiger partial charge on any atom is -0.352 e. The van der Waals surface area contributed by atoms with Crippen molar-refractivity contribution in [2.75, 3.05) is 7.05 Å². The van der Waals surface area contributed by atoms with E-state index in [1.807, 2.05) is 38.1 Å². The van der Waals surface area contributed by atoms with Gasteiger partial charge in [-0.25, -0.2) is 0 Å². The molecule has 1 N–H and O–H groups in total. The summed E-state index contributed by atoms with van der Waals surface area (Å²) < 4.78 is 0. The van der Waals surface area contributed by atoms with E-state index < -0.39 is 6.04 Å². The van der Waals surface area contributed by atoms with Crippen molar-refractivity contribution in [3.8, 4) is 0 Å². The van der Waals surface area contributed by atoms with Gasteiger partial charge < -0.3 is 10.2 Å². The zero-order valence-electron chi connectivity index (χ0n) is 11.6. The molecule has 0 aromatic heterocycles. The number of nitrogens with one attached hydrogen (secondary N) is 1. The van der Waals surface area contributed by atoms with Gasteiger partial charge >= 0.3 is 0 Å². The zero-order valence-corrected chi connectivity index (χ0v) is 11.6. The van der Waals surface area contributed by atoms with Crippen LogP contribution >= 0.6 is 0 Å².